The second-order valence-corrected chi connectivity index (χ2v) is 7.95. The van der Waals surface area contributed by atoms with E-state index in [0.717, 1.165) is 12.0 Å². The van der Waals surface area contributed by atoms with Gasteiger partial charge in [-0.1, -0.05) is 58.0 Å². The van der Waals surface area contributed by atoms with Gasteiger partial charge in [0.05, 0.1) is 0 Å². The minimum Gasteiger partial charge on any atom is -0.423 e. The number of rotatable bonds is 2. The third-order valence-electron chi connectivity index (χ3n) is 3.06. The predicted octanol–water partition coefficient (Wildman–Crippen LogP) is 4.05. The quantitative estimate of drug-likeness (QED) is 0.424. The van der Waals surface area contributed by atoms with Crippen LogP contribution < -0.4 is 9.64 Å². The third kappa shape index (κ3) is 4.12. The zero-order valence-corrected chi connectivity index (χ0v) is 14.8. The summed E-state index contributed by atoms with van der Waals surface area (Å²) in [5.41, 5.74) is 1.50. The average molecular weight is 405 g/mol. The van der Waals surface area contributed by atoms with E-state index in [0.29, 0.717) is 18.7 Å². The Morgan fingerprint density at radius 1 is 1.23 bits per heavy atom. The first-order chi connectivity index (χ1) is 10.2. The Labute approximate surface area is 152 Å². The Bertz CT molecular complexity index is 600. The van der Waals surface area contributed by atoms with Crippen LogP contribution in [0.2, 0.25) is 0 Å². The molecule has 2 rings (SSSR count). The molecule has 0 atom stereocenters. The molecule has 0 radical (unpaired) electrons. The molecule has 0 saturated carbocycles. The number of anilines is 1. The fourth-order valence-electron chi connectivity index (χ4n) is 2.15. The van der Waals surface area contributed by atoms with Crippen molar-refractivity contribution in [3.8, 4) is 5.75 Å². The third-order valence-corrected chi connectivity index (χ3v) is 3.90. The monoisotopic (exact) mass is 403 g/mol. The van der Waals surface area contributed by atoms with E-state index in [2.05, 4.69) is 0 Å². The van der Waals surface area contributed by atoms with Crippen molar-refractivity contribution >= 4 is 75.6 Å². The number of aryl methyl sites for hydroxylation is 1. The number of carbonyl (C=O) groups is 2. The van der Waals surface area contributed by atoms with E-state index in [1.807, 2.05) is 0 Å². The second-order valence-electron chi connectivity index (χ2n) is 4.57. The summed E-state index contributed by atoms with van der Waals surface area (Å²) in [6.07, 6.45) is 1.45. The first-order valence-corrected chi connectivity index (χ1v) is 8.22. The van der Waals surface area contributed by atoms with Crippen molar-refractivity contribution in [1.82, 2.24) is 0 Å². The second kappa shape index (κ2) is 7.02. The number of halogens is 5. The SMILES string of the molecule is O=C(C(Cl)Cl)N1CCCc2cc(OC(=O)C(Cl)(Cl)Cl)ccc21. The molecular weight excluding hydrogens is 395 g/mol. The van der Waals surface area contributed by atoms with Gasteiger partial charge in [0.15, 0.2) is 4.84 Å². The first kappa shape index (κ1) is 18.0. The number of amides is 1. The van der Waals surface area contributed by atoms with Crippen molar-refractivity contribution in [2.45, 2.75) is 21.5 Å². The molecular formula is C13H10Cl5NO3. The van der Waals surface area contributed by atoms with Crippen molar-refractivity contribution in [1.29, 1.82) is 0 Å². The van der Waals surface area contributed by atoms with Crippen LogP contribution in [0.25, 0.3) is 0 Å². The Morgan fingerprint density at radius 3 is 2.50 bits per heavy atom. The number of hydrogen-bond acceptors (Lipinski definition) is 3. The van der Waals surface area contributed by atoms with E-state index in [4.69, 9.17) is 62.7 Å². The zero-order chi connectivity index (χ0) is 16.5. The number of alkyl halides is 5. The van der Waals surface area contributed by atoms with Crippen LogP contribution >= 0.6 is 58.0 Å². The highest BCUT2D eigenvalue weighted by Crippen LogP contribution is 2.33. The van der Waals surface area contributed by atoms with Crippen molar-refractivity contribution in [2.24, 2.45) is 0 Å². The molecule has 0 spiro atoms. The molecule has 1 aliphatic rings. The number of benzene rings is 1. The van der Waals surface area contributed by atoms with Crippen LogP contribution in [0, 0.1) is 0 Å². The van der Waals surface area contributed by atoms with E-state index < -0.39 is 20.5 Å². The van der Waals surface area contributed by atoms with Crippen LogP contribution in [0.1, 0.15) is 12.0 Å². The lowest BCUT2D eigenvalue weighted by Gasteiger charge is -2.30. The summed E-state index contributed by atoms with van der Waals surface area (Å²) in [7, 11) is 0. The lowest BCUT2D eigenvalue weighted by Crippen LogP contribution is -2.38. The molecule has 22 heavy (non-hydrogen) atoms. The van der Waals surface area contributed by atoms with Gasteiger partial charge in [-0.3, -0.25) is 4.79 Å². The summed E-state index contributed by atoms with van der Waals surface area (Å²) in [6.45, 7) is 0.523. The van der Waals surface area contributed by atoms with E-state index in [-0.39, 0.29) is 5.75 Å². The normalized spacial score (nSPS) is 14.7. The molecule has 0 fully saturated rings. The fraction of sp³-hybridized carbons (Fsp3) is 0.385. The van der Waals surface area contributed by atoms with Gasteiger partial charge in [-0.05, 0) is 36.6 Å². The largest absolute Gasteiger partial charge is 0.423 e. The van der Waals surface area contributed by atoms with Crippen LogP contribution in [0.15, 0.2) is 18.2 Å². The Hall–Kier alpha value is -0.390. The molecule has 0 aromatic heterocycles. The van der Waals surface area contributed by atoms with Crippen molar-refractivity contribution in [3.05, 3.63) is 23.8 Å². The number of esters is 1. The molecule has 4 nitrogen and oxygen atoms in total. The Balaban J connectivity index is 2.25. The van der Waals surface area contributed by atoms with Gasteiger partial charge in [-0.2, -0.15) is 0 Å². The standard InChI is InChI=1S/C13H10Cl5NO3/c14-10(15)11(20)19-5-1-2-7-6-8(3-4-9(7)19)22-12(21)13(16,17)18/h3-4,6,10H,1-2,5H2. The molecule has 0 N–H and O–H groups in total. The summed E-state index contributed by atoms with van der Waals surface area (Å²) in [5.74, 6) is -1.16. The summed E-state index contributed by atoms with van der Waals surface area (Å²) >= 11 is 27.6. The molecule has 1 aliphatic heterocycles. The van der Waals surface area contributed by atoms with Gasteiger partial charge in [-0.25, -0.2) is 4.79 Å². The number of hydrogen-bond donors (Lipinski definition) is 0. The fourth-order valence-corrected chi connectivity index (χ4v) is 2.50. The maximum Gasteiger partial charge on any atom is 0.363 e. The van der Waals surface area contributed by atoms with Gasteiger partial charge in [-0.15, -0.1) is 0 Å². The predicted molar refractivity (Wildman–Crippen MR) is 88.5 cm³/mol. The van der Waals surface area contributed by atoms with Gasteiger partial charge in [0.2, 0.25) is 0 Å². The molecule has 0 bridgehead atoms. The van der Waals surface area contributed by atoms with Gasteiger partial charge >= 0.3 is 5.97 Å². The molecule has 0 unspecified atom stereocenters. The summed E-state index contributed by atoms with van der Waals surface area (Å²) < 4.78 is 2.85. The van der Waals surface area contributed by atoms with Crippen LogP contribution in [0.4, 0.5) is 5.69 Å². The summed E-state index contributed by atoms with van der Waals surface area (Å²) in [5, 5.41) is 0. The maximum absolute atomic E-state index is 12.0. The van der Waals surface area contributed by atoms with E-state index >= 15 is 0 Å². The summed E-state index contributed by atoms with van der Waals surface area (Å²) in [4.78, 5) is 23.9. The number of ether oxygens (including phenoxy) is 1. The van der Waals surface area contributed by atoms with E-state index in [1.54, 1.807) is 12.1 Å². The highest BCUT2D eigenvalue weighted by molar-refractivity contribution is 6.75. The molecule has 1 amide bonds. The smallest absolute Gasteiger partial charge is 0.363 e. The summed E-state index contributed by atoms with van der Waals surface area (Å²) in [6, 6.07) is 4.78. The van der Waals surface area contributed by atoms with Gasteiger partial charge in [0.25, 0.3) is 9.70 Å². The number of nitrogens with zero attached hydrogens (tertiary/aromatic N) is 1. The van der Waals surface area contributed by atoms with Crippen molar-refractivity contribution in [2.75, 3.05) is 11.4 Å². The highest BCUT2D eigenvalue weighted by Gasteiger charge is 2.33. The van der Waals surface area contributed by atoms with E-state index in [9.17, 15) is 9.59 Å². The minimum absolute atomic E-state index is 0.234. The first-order valence-electron chi connectivity index (χ1n) is 6.21. The molecule has 9 heteroatoms. The van der Waals surface area contributed by atoms with Crippen LogP contribution in [-0.2, 0) is 16.0 Å². The van der Waals surface area contributed by atoms with Crippen LogP contribution in [0.3, 0.4) is 0 Å². The average Bonchev–Trinajstić information content (AvgIpc) is 2.44. The van der Waals surface area contributed by atoms with Gasteiger partial charge in [0.1, 0.15) is 5.75 Å². The van der Waals surface area contributed by atoms with Crippen molar-refractivity contribution in [3.63, 3.8) is 0 Å². The number of fused-ring (bicyclic) bond motifs is 1. The molecule has 0 aliphatic carbocycles. The molecule has 1 aromatic carbocycles. The van der Waals surface area contributed by atoms with Gasteiger partial charge in [0, 0.05) is 12.2 Å². The lowest BCUT2D eigenvalue weighted by atomic mass is 10.0. The lowest BCUT2D eigenvalue weighted by molar-refractivity contribution is -0.133. The highest BCUT2D eigenvalue weighted by atomic mass is 35.6. The molecule has 120 valence electrons. The maximum atomic E-state index is 12.0. The molecule has 1 aromatic rings. The minimum atomic E-state index is -2.15. The van der Waals surface area contributed by atoms with Crippen molar-refractivity contribution < 1.29 is 14.3 Å². The topological polar surface area (TPSA) is 46.6 Å². The van der Waals surface area contributed by atoms with E-state index in [1.165, 1.54) is 11.0 Å². The number of carbonyl (C=O) groups excluding carboxylic acids is 2. The van der Waals surface area contributed by atoms with Gasteiger partial charge < -0.3 is 9.64 Å². The van der Waals surface area contributed by atoms with Crippen LogP contribution in [-0.4, -0.2) is 27.1 Å². The zero-order valence-electron chi connectivity index (χ0n) is 11.0. The Kier molecular flexibility index (Phi) is 5.73. The molecule has 0 saturated heterocycles. The Morgan fingerprint density at radius 2 is 1.91 bits per heavy atom. The van der Waals surface area contributed by atoms with Crippen LogP contribution in [0.5, 0.6) is 5.75 Å². The molecule has 1 heterocycles.